The zero-order valence-corrected chi connectivity index (χ0v) is 41.9. The summed E-state index contributed by atoms with van der Waals surface area (Å²) in [5.74, 6) is 0. The minimum absolute atomic E-state index is 0.595. The quantitative estimate of drug-likeness (QED) is 0.150. The van der Waals surface area contributed by atoms with Crippen molar-refractivity contribution in [3.05, 3.63) is 322 Å². The molecule has 0 bridgehead atoms. The normalized spacial score (nSPS) is 13.6. The Morgan fingerprint density at radius 3 is 0.811 bits per heavy atom. The summed E-state index contributed by atoms with van der Waals surface area (Å²) in [5.41, 5.74) is 21.3. The van der Waals surface area contributed by atoms with Gasteiger partial charge in [0.25, 0.3) is 0 Å². The zero-order chi connectivity index (χ0) is 48.8. The van der Waals surface area contributed by atoms with Gasteiger partial charge in [-0.3, -0.25) is 0 Å². The highest BCUT2D eigenvalue weighted by Crippen LogP contribution is 2.71. The molecule has 348 valence electrons. The van der Waals surface area contributed by atoms with E-state index in [9.17, 15) is 0 Å². The van der Waals surface area contributed by atoms with Gasteiger partial charge in [0.2, 0.25) is 0 Å². The van der Waals surface area contributed by atoms with Crippen molar-refractivity contribution in [1.29, 1.82) is 0 Å². The molecule has 74 heavy (non-hydrogen) atoms. The number of fused-ring (bicyclic) bond motifs is 16. The van der Waals surface area contributed by atoms with Crippen LogP contribution >= 0.6 is 22.7 Å². The summed E-state index contributed by atoms with van der Waals surface area (Å²) in [6, 6.07) is 104. The third kappa shape index (κ3) is 6.16. The Kier molecular flexibility index (Phi) is 9.78. The lowest BCUT2D eigenvalue weighted by Gasteiger charge is -2.45. The Balaban J connectivity index is 1.02. The molecule has 2 heterocycles. The van der Waals surface area contributed by atoms with E-state index in [-0.39, 0.29) is 0 Å². The Morgan fingerprint density at radius 1 is 0.230 bits per heavy atom. The highest BCUT2D eigenvalue weighted by atomic mass is 32.1. The zero-order valence-electron chi connectivity index (χ0n) is 40.3. The molecule has 3 aliphatic rings. The van der Waals surface area contributed by atoms with Crippen molar-refractivity contribution in [2.75, 3.05) is 9.80 Å². The van der Waals surface area contributed by atoms with Crippen LogP contribution in [0.4, 0.5) is 34.1 Å². The van der Waals surface area contributed by atoms with Crippen LogP contribution in [0.25, 0.3) is 43.1 Å². The lowest BCUT2D eigenvalue weighted by atomic mass is 9.58. The number of anilines is 6. The first-order chi connectivity index (χ1) is 36.7. The molecule has 0 saturated carbocycles. The van der Waals surface area contributed by atoms with E-state index in [2.05, 4.69) is 289 Å². The van der Waals surface area contributed by atoms with Crippen molar-refractivity contribution in [2.24, 2.45) is 0 Å². The molecule has 0 radical (unpaired) electrons. The van der Waals surface area contributed by atoms with Crippen molar-refractivity contribution >= 4 is 56.8 Å². The van der Waals surface area contributed by atoms with Gasteiger partial charge in [-0.25, -0.2) is 0 Å². The van der Waals surface area contributed by atoms with Crippen LogP contribution in [0.3, 0.4) is 0 Å². The third-order valence-corrected chi connectivity index (χ3v) is 18.3. The van der Waals surface area contributed by atoms with Crippen LogP contribution in [-0.4, -0.2) is 0 Å². The number of hydrogen-bond donors (Lipinski definition) is 0. The first-order valence-corrected chi connectivity index (χ1v) is 27.0. The third-order valence-electron chi connectivity index (χ3n) is 15.7. The first-order valence-electron chi connectivity index (χ1n) is 25.4. The molecule has 4 heteroatoms. The summed E-state index contributed by atoms with van der Waals surface area (Å²) in [5, 5.41) is 0. The van der Waals surface area contributed by atoms with Crippen LogP contribution in [0.15, 0.2) is 279 Å². The van der Waals surface area contributed by atoms with E-state index in [1.807, 2.05) is 22.7 Å². The minimum atomic E-state index is -0.595. The Morgan fingerprint density at radius 2 is 0.500 bits per heavy atom. The largest absolute Gasteiger partial charge is 0.310 e. The molecule has 0 atom stereocenters. The standard InChI is InChI=1S/C70H46N2S2/c1-5-25-49(26-6-1)71(50-27-7-2-8-28-50)53-33-21-23-47(43-53)65-45-63-67(73-65)70(61-41-19-15-37-57(61)58-38-16-20-42-62(58)70)64-46-66(74-68(64)69(63)59-39-17-13-35-55(59)56-36-14-18-40-60(56)69)48-24-22-34-54(44-48)72(51-29-9-3-10-30-51)52-31-11-4-12-32-52/h1-46H. The average Bonchev–Trinajstić information content (AvgIpc) is 4.26. The van der Waals surface area contributed by atoms with Crippen LogP contribution in [0.5, 0.6) is 0 Å². The van der Waals surface area contributed by atoms with Gasteiger partial charge in [0, 0.05) is 53.6 Å². The van der Waals surface area contributed by atoms with Gasteiger partial charge < -0.3 is 9.80 Å². The van der Waals surface area contributed by atoms with Crippen molar-refractivity contribution in [3.8, 4) is 43.1 Å². The van der Waals surface area contributed by atoms with Gasteiger partial charge in [-0.05, 0) is 152 Å². The number of para-hydroxylation sites is 4. The van der Waals surface area contributed by atoms with E-state index in [1.165, 1.54) is 86.3 Å². The molecule has 0 unspecified atom stereocenters. The van der Waals surface area contributed by atoms with E-state index in [4.69, 9.17) is 0 Å². The van der Waals surface area contributed by atoms with Crippen molar-refractivity contribution in [3.63, 3.8) is 0 Å². The summed E-state index contributed by atoms with van der Waals surface area (Å²) in [4.78, 5) is 10.0. The number of hydrogen-bond acceptors (Lipinski definition) is 4. The summed E-state index contributed by atoms with van der Waals surface area (Å²) < 4.78 is 0. The van der Waals surface area contributed by atoms with Crippen LogP contribution in [0.1, 0.15) is 43.1 Å². The maximum absolute atomic E-state index is 2.60. The number of rotatable bonds is 8. The SMILES string of the molecule is c1ccc(N(c2ccccc2)c2cccc(-c3cc4c(s3)C3(c5ccccc5-c5ccccc53)c3cc(-c5cccc(N(c6ccccc6)c6ccccc6)c5)sc3C43c4ccccc4-c4ccccc43)c2)cc1. The topological polar surface area (TPSA) is 6.48 Å². The van der Waals surface area contributed by atoms with Crippen LogP contribution in [0.2, 0.25) is 0 Å². The fourth-order valence-electron chi connectivity index (χ4n) is 12.8. The molecule has 0 saturated heterocycles. The molecule has 2 spiro atoms. The summed E-state index contributed by atoms with van der Waals surface area (Å²) >= 11 is 3.97. The van der Waals surface area contributed by atoms with E-state index >= 15 is 0 Å². The second-order valence-corrected chi connectivity index (χ2v) is 21.6. The highest BCUT2D eigenvalue weighted by Gasteiger charge is 2.61. The van der Waals surface area contributed by atoms with E-state index in [0.717, 1.165) is 34.1 Å². The fourth-order valence-corrected chi connectivity index (χ4v) is 15.7. The molecule has 0 N–H and O–H groups in total. The van der Waals surface area contributed by atoms with Gasteiger partial charge in [-0.1, -0.05) is 194 Å². The lowest BCUT2D eigenvalue weighted by molar-refractivity contribution is 0.662. The predicted molar refractivity (Wildman–Crippen MR) is 311 cm³/mol. The maximum atomic E-state index is 2.60. The Hall–Kier alpha value is -8.80. The van der Waals surface area contributed by atoms with Crippen LogP contribution in [0, 0.1) is 0 Å². The summed E-state index contributed by atoms with van der Waals surface area (Å²) in [6.07, 6.45) is 0. The maximum Gasteiger partial charge on any atom is 0.0821 e. The minimum Gasteiger partial charge on any atom is -0.310 e. The van der Waals surface area contributed by atoms with Gasteiger partial charge in [0.15, 0.2) is 0 Å². The summed E-state index contributed by atoms with van der Waals surface area (Å²) in [6.45, 7) is 0. The highest BCUT2D eigenvalue weighted by molar-refractivity contribution is 7.17. The lowest BCUT2D eigenvalue weighted by Crippen LogP contribution is -2.41. The van der Waals surface area contributed by atoms with Crippen LogP contribution < -0.4 is 9.80 Å². The molecule has 0 amide bonds. The Labute approximate surface area is 440 Å². The number of thiophene rings is 2. The van der Waals surface area contributed by atoms with Crippen molar-refractivity contribution in [1.82, 2.24) is 0 Å². The number of nitrogens with zero attached hydrogens (tertiary/aromatic N) is 2. The molecule has 10 aromatic carbocycles. The van der Waals surface area contributed by atoms with E-state index < -0.39 is 10.8 Å². The van der Waals surface area contributed by atoms with Gasteiger partial charge in [0.05, 0.1) is 10.8 Å². The van der Waals surface area contributed by atoms with E-state index in [0.29, 0.717) is 0 Å². The Bertz CT molecular complexity index is 3610. The average molecular weight is 979 g/mol. The van der Waals surface area contributed by atoms with Gasteiger partial charge in [-0.2, -0.15) is 0 Å². The summed E-state index contributed by atoms with van der Waals surface area (Å²) in [7, 11) is 0. The van der Waals surface area contributed by atoms with Crippen molar-refractivity contribution < 1.29 is 0 Å². The smallest absolute Gasteiger partial charge is 0.0821 e. The second kappa shape index (κ2) is 16.9. The van der Waals surface area contributed by atoms with E-state index in [1.54, 1.807) is 0 Å². The number of benzene rings is 10. The molecular formula is C70H46N2S2. The molecular weight excluding hydrogens is 933 g/mol. The monoisotopic (exact) mass is 978 g/mol. The second-order valence-electron chi connectivity index (χ2n) is 19.5. The molecule has 3 aliphatic carbocycles. The van der Waals surface area contributed by atoms with Gasteiger partial charge >= 0.3 is 0 Å². The molecule has 15 rings (SSSR count). The molecule has 2 aromatic heterocycles. The molecule has 12 aromatic rings. The van der Waals surface area contributed by atoms with Crippen molar-refractivity contribution in [2.45, 2.75) is 10.8 Å². The molecule has 2 nitrogen and oxygen atoms in total. The molecule has 0 aliphatic heterocycles. The predicted octanol–water partition coefficient (Wildman–Crippen LogP) is 19.1. The molecule has 0 fully saturated rings. The van der Waals surface area contributed by atoms with Gasteiger partial charge in [-0.15, -0.1) is 22.7 Å². The first kappa shape index (κ1) is 42.8. The van der Waals surface area contributed by atoms with Crippen LogP contribution in [-0.2, 0) is 10.8 Å². The fraction of sp³-hybridized carbons (Fsp3) is 0.0286. The van der Waals surface area contributed by atoms with Gasteiger partial charge in [0.1, 0.15) is 0 Å².